The molecule has 8 heteroatoms. The van der Waals surface area contributed by atoms with Gasteiger partial charge in [-0.3, -0.25) is 0 Å². The minimum atomic E-state index is -4.56. The van der Waals surface area contributed by atoms with E-state index in [1.807, 2.05) is 0 Å². The van der Waals surface area contributed by atoms with E-state index >= 15 is 0 Å². The second kappa shape index (κ2) is 6.90. The van der Waals surface area contributed by atoms with Crippen LogP contribution in [0.25, 0.3) is 10.8 Å². The number of halogens is 4. The van der Waals surface area contributed by atoms with Crippen LogP contribution in [0.2, 0.25) is 5.02 Å². The number of nitrogens with one attached hydrogen (secondary N) is 1. The number of hydrogen-bond acceptors (Lipinski definition) is 2. The molecule has 3 rings (SSSR count). The zero-order valence-corrected chi connectivity index (χ0v) is 14.8. The van der Waals surface area contributed by atoms with Crippen LogP contribution in [0.15, 0.2) is 65.6 Å². The summed E-state index contributed by atoms with van der Waals surface area (Å²) in [6, 6.07) is 14.4. The molecule has 0 unspecified atom stereocenters. The van der Waals surface area contributed by atoms with Crippen LogP contribution in [0.4, 0.5) is 13.2 Å². The third kappa shape index (κ3) is 3.70. The molecule has 0 atom stereocenters. The summed E-state index contributed by atoms with van der Waals surface area (Å²) in [7, 11) is -4.07. The first kappa shape index (κ1) is 18.7. The summed E-state index contributed by atoms with van der Waals surface area (Å²) in [6.07, 6.45) is -4.56. The molecule has 0 aromatic heterocycles. The molecule has 0 aliphatic rings. The normalized spacial score (nSPS) is 12.5. The molecule has 0 spiro atoms. The van der Waals surface area contributed by atoms with E-state index in [4.69, 9.17) is 11.6 Å². The fraction of sp³-hybridized carbons (Fsp3) is 0.111. The standard InChI is InChI=1S/C18H13ClF3NO2S/c19-15-9-3-6-12-7-4-10-16(17(12)15)26(24,25)23-11-13-5-1-2-8-14(13)18(20,21)22/h1-10,23H,11H2. The molecule has 0 radical (unpaired) electrons. The van der Waals surface area contributed by atoms with Gasteiger partial charge in [-0.1, -0.05) is 54.1 Å². The van der Waals surface area contributed by atoms with Crippen molar-refractivity contribution in [2.45, 2.75) is 17.6 Å². The summed E-state index contributed by atoms with van der Waals surface area (Å²) in [4.78, 5) is -0.0786. The molecule has 1 N–H and O–H groups in total. The van der Waals surface area contributed by atoms with E-state index in [-0.39, 0.29) is 15.5 Å². The van der Waals surface area contributed by atoms with Gasteiger partial charge in [0, 0.05) is 17.0 Å². The predicted octanol–water partition coefficient (Wildman–Crippen LogP) is 4.99. The average Bonchev–Trinajstić information content (AvgIpc) is 2.59. The lowest BCUT2D eigenvalue weighted by Crippen LogP contribution is -2.25. The molecular weight excluding hydrogens is 387 g/mol. The lowest BCUT2D eigenvalue weighted by molar-refractivity contribution is -0.138. The van der Waals surface area contributed by atoms with Gasteiger partial charge in [0.05, 0.1) is 10.5 Å². The second-order valence-corrected chi connectivity index (χ2v) is 7.72. The fourth-order valence-corrected chi connectivity index (χ4v) is 4.28. The summed E-state index contributed by atoms with van der Waals surface area (Å²) >= 11 is 6.13. The van der Waals surface area contributed by atoms with Gasteiger partial charge in [0.15, 0.2) is 0 Å². The molecule has 3 aromatic carbocycles. The third-order valence-corrected chi connectivity index (χ3v) is 5.64. The number of benzene rings is 3. The highest BCUT2D eigenvalue weighted by molar-refractivity contribution is 7.89. The predicted molar refractivity (Wildman–Crippen MR) is 94.4 cm³/mol. The van der Waals surface area contributed by atoms with Crippen molar-refractivity contribution >= 4 is 32.4 Å². The third-order valence-electron chi connectivity index (χ3n) is 3.88. The molecular formula is C18H13ClF3NO2S. The Bertz CT molecular complexity index is 1060. The van der Waals surface area contributed by atoms with Gasteiger partial charge in [-0.15, -0.1) is 0 Å². The summed E-state index contributed by atoms with van der Waals surface area (Å²) in [6.45, 7) is -0.487. The van der Waals surface area contributed by atoms with Gasteiger partial charge in [-0.2, -0.15) is 13.2 Å². The lowest BCUT2D eigenvalue weighted by Gasteiger charge is -2.14. The molecule has 0 aliphatic carbocycles. The van der Waals surface area contributed by atoms with Crippen molar-refractivity contribution < 1.29 is 21.6 Å². The molecule has 0 saturated heterocycles. The summed E-state index contributed by atoms with van der Waals surface area (Å²) in [5, 5.41) is 1.20. The number of alkyl halides is 3. The van der Waals surface area contributed by atoms with Crippen molar-refractivity contribution in [2.24, 2.45) is 0 Å². The van der Waals surface area contributed by atoms with Gasteiger partial charge in [0.2, 0.25) is 10.0 Å². The maximum absolute atomic E-state index is 13.1. The summed E-state index contributed by atoms with van der Waals surface area (Å²) < 4.78 is 66.8. The van der Waals surface area contributed by atoms with Gasteiger partial charge in [0.25, 0.3) is 0 Å². The van der Waals surface area contributed by atoms with E-state index in [0.717, 1.165) is 6.07 Å². The van der Waals surface area contributed by atoms with E-state index < -0.39 is 28.3 Å². The van der Waals surface area contributed by atoms with Gasteiger partial charge >= 0.3 is 6.18 Å². The molecule has 3 aromatic rings. The Morgan fingerprint density at radius 3 is 2.27 bits per heavy atom. The maximum atomic E-state index is 13.1. The Morgan fingerprint density at radius 1 is 0.923 bits per heavy atom. The van der Waals surface area contributed by atoms with Crippen LogP contribution in [0, 0.1) is 0 Å². The van der Waals surface area contributed by atoms with Gasteiger partial charge in [-0.25, -0.2) is 13.1 Å². The van der Waals surface area contributed by atoms with E-state index in [1.54, 1.807) is 30.3 Å². The van der Waals surface area contributed by atoms with Crippen LogP contribution in [-0.4, -0.2) is 8.42 Å². The number of hydrogen-bond donors (Lipinski definition) is 1. The Kier molecular flexibility index (Phi) is 4.96. The molecule has 136 valence electrons. The zero-order chi connectivity index (χ0) is 18.9. The van der Waals surface area contributed by atoms with Gasteiger partial charge in [0.1, 0.15) is 0 Å². The molecule has 0 saturated carbocycles. The Balaban J connectivity index is 1.98. The largest absolute Gasteiger partial charge is 0.416 e. The van der Waals surface area contributed by atoms with Crippen molar-refractivity contribution in [3.63, 3.8) is 0 Å². The van der Waals surface area contributed by atoms with Crippen LogP contribution in [0.3, 0.4) is 0 Å². The molecule has 0 heterocycles. The molecule has 0 bridgehead atoms. The summed E-state index contributed by atoms with van der Waals surface area (Å²) in [5.74, 6) is 0. The highest BCUT2D eigenvalue weighted by Crippen LogP contribution is 2.33. The molecule has 0 amide bonds. The second-order valence-electron chi connectivity index (χ2n) is 5.57. The first-order chi connectivity index (χ1) is 12.2. The van der Waals surface area contributed by atoms with Crippen LogP contribution in [-0.2, 0) is 22.7 Å². The zero-order valence-electron chi connectivity index (χ0n) is 13.2. The van der Waals surface area contributed by atoms with Crippen LogP contribution in [0.1, 0.15) is 11.1 Å². The Labute approximate surface area is 153 Å². The van der Waals surface area contributed by atoms with Gasteiger partial charge in [-0.05, 0) is 29.1 Å². The summed E-state index contributed by atoms with van der Waals surface area (Å²) in [5.41, 5.74) is -1.03. The fourth-order valence-electron chi connectivity index (χ4n) is 2.69. The highest BCUT2D eigenvalue weighted by Gasteiger charge is 2.33. The first-order valence-electron chi connectivity index (χ1n) is 7.52. The van der Waals surface area contributed by atoms with Crippen molar-refractivity contribution in [3.05, 3.63) is 76.8 Å². The molecule has 3 nitrogen and oxygen atoms in total. The Hall–Kier alpha value is -2.09. The highest BCUT2D eigenvalue weighted by atomic mass is 35.5. The SMILES string of the molecule is O=S(=O)(NCc1ccccc1C(F)(F)F)c1cccc2cccc(Cl)c12. The van der Waals surface area contributed by atoms with Crippen molar-refractivity contribution in [2.75, 3.05) is 0 Å². The Morgan fingerprint density at radius 2 is 1.58 bits per heavy atom. The maximum Gasteiger partial charge on any atom is 0.416 e. The molecule has 26 heavy (non-hydrogen) atoms. The van der Waals surface area contributed by atoms with Crippen molar-refractivity contribution in [1.29, 1.82) is 0 Å². The first-order valence-corrected chi connectivity index (χ1v) is 9.38. The monoisotopic (exact) mass is 399 g/mol. The quantitative estimate of drug-likeness (QED) is 0.671. The van der Waals surface area contributed by atoms with Crippen molar-refractivity contribution in [1.82, 2.24) is 4.72 Å². The molecule has 0 fully saturated rings. The van der Waals surface area contributed by atoms with Crippen LogP contribution >= 0.6 is 11.6 Å². The van der Waals surface area contributed by atoms with Crippen molar-refractivity contribution in [3.8, 4) is 0 Å². The average molecular weight is 400 g/mol. The van der Waals surface area contributed by atoms with Crippen LogP contribution < -0.4 is 4.72 Å². The molecule has 0 aliphatic heterocycles. The lowest BCUT2D eigenvalue weighted by atomic mass is 10.1. The van der Waals surface area contributed by atoms with E-state index in [1.165, 1.54) is 24.3 Å². The topological polar surface area (TPSA) is 46.2 Å². The minimum absolute atomic E-state index is 0.0786. The number of rotatable bonds is 4. The van der Waals surface area contributed by atoms with E-state index in [2.05, 4.69) is 4.72 Å². The number of fused-ring (bicyclic) bond motifs is 1. The number of sulfonamides is 1. The van der Waals surface area contributed by atoms with Crippen LogP contribution in [0.5, 0.6) is 0 Å². The van der Waals surface area contributed by atoms with Gasteiger partial charge < -0.3 is 0 Å². The minimum Gasteiger partial charge on any atom is -0.207 e. The van der Waals surface area contributed by atoms with E-state index in [9.17, 15) is 21.6 Å². The van der Waals surface area contributed by atoms with E-state index in [0.29, 0.717) is 10.8 Å². The smallest absolute Gasteiger partial charge is 0.207 e.